The van der Waals surface area contributed by atoms with Crippen molar-refractivity contribution in [1.82, 2.24) is 4.90 Å². The molecule has 3 nitrogen and oxygen atoms in total. The Hall–Kier alpha value is -0.640. The van der Waals surface area contributed by atoms with Crippen molar-refractivity contribution in [3.05, 3.63) is 0 Å². The van der Waals surface area contributed by atoms with Gasteiger partial charge >= 0.3 is 0 Å². The fourth-order valence-electron chi connectivity index (χ4n) is 2.75. The molecule has 0 radical (unpaired) electrons. The fraction of sp³-hybridized carbons (Fsp3) is 0.857. The highest BCUT2D eigenvalue weighted by molar-refractivity contribution is 7.80. The van der Waals surface area contributed by atoms with E-state index >= 15 is 0 Å². The van der Waals surface area contributed by atoms with E-state index in [0.29, 0.717) is 11.0 Å². The first kappa shape index (κ1) is 15.4. The maximum absolute atomic E-state index is 12.4. The highest BCUT2D eigenvalue weighted by Crippen LogP contribution is 2.23. The standard InChI is InChI=1S/C14H26N2OS/c1-3-8-12(13(15)18)14(17)16(2)11-9-6-4-5-7-10-11/h11-12H,3-10H2,1-2H3,(H2,15,18). The molecule has 0 aromatic rings. The third kappa shape index (κ3) is 4.23. The Balaban J connectivity index is 2.64. The zero-order valence-electron chi connectivity index (χ0n) is 11.7. The molecule has 1 aliphatic carbocycles. The molecule has 1 saturated carbocycles. The van der Waals surface area contributed by atoms with Gasteiger partial charge < -0.3 is 10.6 Å². The molecule has 0 saturated heterocycles. The van der Waals surface area contributed by atoms with Gasteiger partial charge in [0.1, 0.15) is 0 Å². The molecule has 0 aromatic heterocycles. The van der Waals surface area contributed by atoms with Gasteiger partial charge in [-0.1, -0.05) is 51.2 Å². The van der Waals surface area contributed by atoms with Gasteiger partial charge in [-0.25, -0.2) is 0 Å². The van der Waals surface area contributed by atoms with Crippen molar-refractivity contribution in [3.63, 3.8) is 0 Å². The van der Waals surface area contributed by atoms with Gasteiger partial charge in [0.25, 0.3) is 0 Å². The lowest BCUT2D eigenvalue weighted by molar-refractivity contribution is -0.134. The molecule has 1 unspecified atom stereocenters. The predicted molar refractivity (Wildman–Crippen MR) is 79.4 cm³/mol. The number of amides is 1. The van der Waals surface area contributed by atoms with Crippen LogP contribution in [0.15, 0.2) is 0 Å². The molecule has 104 valence electrons. The van der Waals surface area contributed by atoms with Crippen LogP contribution in [0.1, 0.15) is 58.3 Å². The maximum Gasteiger partial charge on any atom is 0.232 e. The summed E-state index contributed by atoms with van der Waals surface area (Å²) in [5.74, 6) is -0.144. The van der Waals surface area contributed by atoms with Gasteiger partial charge in [0.15, 0.2) is 0 Å². The van der Waals surface area contributed by atoms with Crippen LogP contribution in [-0.2, 0) is 4.79 Å². The summed E-state index contributed by atoms with van der Waals surface area (Å²) < 4.78 is 0. The average Bonchev–Trinajstić information content (AvgIpc) is 2.62. The van der Waals surface area contributed by atoms with Crippen LogP contribution in [0.5, 0.6) is 0 Å². The zero-order chi connectivity index (χ0) is 13.5. The van der Waals surface area contributed by atoms with Crippen molar-refractivity contribution in [3.8, 4) is 0 Å². The van der Waals surface area contributed by atoms with E-state index in [0.717, 1.165) is 25.7 Å². The smallest absolute Gasteiger partial charge is 0.232 e. The molecule has 4 heteroatoms. The summed E-state index contributed by atoms with van der Waals surface area (Å²) in [5, 5.41) is 0. The first-order valence-electron chi connectivity index (χ1n) is 7.14. The number of nitrogens with zero attached hydrogens (tertiary/aromatic N) is 1. The van der Waals surface area contributed by atoms with E-state index in [1.54, 1.807) is 0 Å². The molecule has 1 rings (SSSR count). The minimum absolute atomic E-state index is 0.122. The second kappa shape index (κ2) is 7.72. The van der Waals surface area contributed by atoms with Crippen molar-refractivity contribution in [2.45, 2.75) is 64.3 Å². The predicted octanol–water partition coefficient (Wildman–Crippen LogP) is 2.87. The summed E-state index contributed by atoms with van der Waals surface area (Å²) in [7, 11) is 1.92. The summed E-state index contributed by atoms with van der Waals surface area (Å²) in [6, 6.07) is 0.383. The highest BCUT2D eigenvalue weighted by atomic mass is 32.1. The van der Waals surface area contributed by atoms with E-state index in [1.165, 1.54) is 25.7 Å². The van der Waals surface area contributed by atoms with Crippen LogP contribution >= 0.6 is 12.2 Å². The van der Waals surface area contributed by atoms with Crippen LogP contribution < -0.4 is 5.73 Å². The number of thiocarbonyl (C=S) groups is 1. The lowest BCUT2D eigenvalue weighted by Gasteiger charge is -2.30. The Bertz CT molecular complexity index is 286. The minimum Gasteiger partial charge on any atom is -0.393 e. The molecule has 0 aliphatic heterocycles. The van der Waals surface area contributed by atoms with Crippen molar-refractivity contribution in [2.24, 2.45) is 11.7 Å². The summed E-state index contributed by atoms with van der Waals surface area (Å²) in [6.45, 7) is 2.06. The molecule has 0 bridgehead atoms. The van der Waals surface area contributed by atoms with Gasteiger partial charge in [0.2, 0.25) is 5.91 Å². The van der Waals surface area contributed by atoms with Crippen LogP contribution in [0.4, 0.5) is 0 Å². The van der Waals surface area contributed by atoms with E-state index in [1.807, 2.05) is 11.9 Å². The zero-order valence-corrected chi connectivity index (χ0v) is 12.5. The van der Waals surface area contributed by atoms with Crippen molar-refractivity contribution >= 4 is 23.1 Å². The Morgan fingerprint density at radius 1 is 1.33 bits per heavy atom. The van der Waals surface area contributed by atoms with E-state index in [2.05, 4.69) is 6.92 Å². The molecular weight excluding hydrogens is 244 g/mol. The maximum atomic E-state index is 12.4. The van der Waals surface area contributed by atoms with Gasteiger partial charge in [-0.15, -0.1) is 0 Å². The van der Waals surface area contributed by atoms with Crippen molar-refractivity contribution < 1.29 is 4.79 Å². The molecule has 1 fully saturated rings. The Labute approximate surface area is 116 Å². The summed E-state index contributed by atoms with van der Waals surface area (Å²) >= 11 is 5.04. The molecule has 1 amide bonds. The minimum atomic E-state index is -0.266. The molecule has 1 atom stereocenters. The van der Waals surface area contributed by atoms with Crippen molar-refractivity contribution in [1.29, 1.82) is 0 Å². The first-order valence-corrected chi connectivity index (χ1v) is 7.54. The van der Waals surface area contributed by atoms with Gasteiger partial charge in [-0.3, -0.25) is 4.79 Å². The molecule has 1 aliphatic rings. The molecule has 2 N–H and O–H groups in total. The Kier molecular flexibility index (Phi) is 6.61. The summed E-state index contributed by atoms with van der Waals surface area (Å²) in [4.78, 5) is 14.7. The fourth-order valence-corrected chi connectivity index (χ4v) is 2.97. The first-order chi connectivity index (χ1) is 8.57. The number of hydrogen-bond acceptors (Lipinski definition) is 2. The molecule has 18 heavy (non-hydrogen) atoms. The monoisotopic (exact) mass is 270 g/mol. The number of carbonyl (C=O) groups excluding carboxylic acids is 1. The number of rotatable bonds is 5. The van der Waals surface area contributed by atoms with E-state index in [4.69, 9.17) is 18.0 Å². The lowest BCUT2D eigenvalue weighted by atomic mass is 9.99. The average molecular weight is 270 g/mol. The summed E-state index contributed by atoms with van der Waals surface area (Å²) in [5.41, 5.74) is 5.71. The largest absolute Gasteiger partial charge is 0.393 e. The van der Waals surface area contributed by atoms with E-state index in [-0.39, 0.29) is 11.8 Å². The second-order valence-corrected chi connectivity index (χ2v) is 5.81. The third-order valence-electron chi connectivity index (χ3n) is 3.94. The van der Waals surface area contributed by atoms with Crippen LogP contribution in [0.2, 0.25) is 0 Å². The quantitative estimate of drug-likeness (QED) is 0.617. The van der Waals surface area contributed by atoms with Gasteiger partial charge in [-0.05, 0) is 19.3 Å². The number of nitrogens with two attached hydrogens (primary N) is 1. The second-order valence-electron chi connectivity index (χ2n) is 5.34. The number of hydrogen-bond donors (Lipinski definition) is 1. The number of carbonyl (C=O) groups is 1. The molecule has 0 aromatic carbocycles. The SMILES string of the molecule is CCCC(C(=O)N(C)C1CCCCCC1)C(N)=S. The van der Waals surface area contributed by atoms with Gasteiger partial charge in [-0.2, -0.15) is 0 Å². The normalized spacial score (nSPS) is 19.0. The molecular formula is C14H26N2OS. The van der Waals surface area contributed by atoms with Gasteiger partial charge in [0.05, 0.1) is 10.9 Å². The topological polar surface area (TPSA) is 46.3 Å². The summed E-state index contributed by atoms with van der Waals surface area (Å²) in [6.07, 6.45) is 9.01. The van der Waals surface area contributed by atoms with Crippen LogP contribution in [0.25, 0.3) is 0 Å². The van der Waals surface area contributed by atoms with E-state index in [9.17, 15) is 4.79 Å². The van der Waals surface area contributed by atoms with Crippen molar-refractivity contribution in [2.75, 3.05) is 7.05 Å². The van der Waals surface area contributed by atoms with Crippen LogP contribution in [-0.4, -0.2) is 28.9 Å². The Morgan fingerprint density at radius 2 is 1.89 bits per heavy atom. The Morgan fingerprint density at radius 3 is 2.33 bits per heavy atom. The molecule has 0 spiro atoms. The lowest BCUT2D eigenvalue weighted by Crippen LogP contribution is -2.44. The highest BCUT2D eigenvalue weighted by Gasteiger charge is 2.28. The van der Waals surface area contributed by atoms with Crippen LogP contribution in [0, 0.1) is 5.92 Å². The van der Waals surface area contributed by atoms with Gasteiger partial charge in [0, 0.05) is 13.1 Å². The third-order valence-corrected chi connectivity index (χ3v) is 4.22. The van der Waals surface area contributed by atoms with Crippen LogP contribution in [0.3, 0.4) is 0 Å². The molecule has 0 heterocycles. The van der Waals surface area contributed by atoms with E-state index < -0.39 is 0 Å².